The average Bonchev–Trinajstić information content (AvgIpc) is 2.94. The van der Waals surface area contributed by atoms with Crippen molar-refractivity contribution in [1.29, 1.82) is 0 Å². The van der Waals surface area contributed by atoms with Crippen LogP contribution in [0.3, 0.4) is 0 Å². The number of benzene rings is 1. The third-order valence-corrected chi connectivity index (χ3v) is 3.87. The summed E-state index contributed by atoms with van der Waals surface area (Å²) in [5.74, 6) is 0. The van der Waals surface area contributed by atoms with Crippen LogP contribution in [0.1, 0.15) is 12.0 Å². The Labute approximate surface area is 127 Å². The van der Waals surface area contributed by atoms with Crippen LogP contribution < -0.4 is 5.32 Å². The molecule has 21 heavy (non-hydrogen) atoms. The molecule has 2 aromatic rings. The van der Waals surface area contributed by atoms with Crippen molar-refractivity contribution in [3.05, 3.63) is 52.2 Å². The first kappa shape index (κ1) is 15.4. The Balaban J connectivity index is 1.66. The first-order valence-electron chi connectivity index (χ1n) is 6.71. The number of nitrogens with one attached hydrogen (secondary N) is 1. The molecule has 0 saturated carbocycles. The molecule has 0 radical (unpaired) electrons. The molecule has 2 rings (SSSR count). The summed E-state index contributed by atoms with van der Waals surface area (Å²) in [6.07, 6.45) is 2.24. The van der Waals surface area contributed by atoms with Gasteiger partial charge in [-0.15, -0.1) is 0 Å². The molecular weight excluding hydrogens is 288 g/mol. The smallest absolute Gasteiger partial charge is 0.345 e. The molecule has 6 nitrogen and oxygen atoms in total. The molecule has 1 aromatic carbocycles. The first-order valence-corrected chi connectivity index (χ1v) is 7.53. The van der Waals surface area contributed by atoms with Gasteiger partial charge in [0.05, 0.1) is 4.92 Å². The third-order valence-electron chi connectivity index (χ3n) is 2.96. The molecule has 0 aliphatic carbocycles. The summed E-state index contributed by atoms with van der Waals surface area (Å²) in [6.45, 7) is 2.63. The normalized spacial score (nSPS) is 10.8. The number of thiazole rings is 1. The van der Waals surface area contributed by atoms with Gasteiger partial charge in [0, 0.05) is 13.1 Å². The quantitative estimate of drug-likeness (QED) is 0.461. The van der Waals surface area contributed by atoms with Crippen LogP contribution in [0.2, 0.25) is 0 Å². The maximum atomic E-state index is 10.5. The molecule has 0 unspecified atom stereocenters. The van der Waals surface area contributed by atoms with Crippen LogP contribution in [0.4, 0.5) is 10.1 Å². The number of rotatable bonds is 8. The molecule has 0 aliphatic heterocycles. The van der Waals surface area contributed by atoms with E-state index in [1.54, 1.807) is 0 Å². The summed E-state index contributed by atoms with van der Waals surface area (Å²) < 4.78 is 0. The minimum absolute atomic E-state index is 0.0682. The molecule has 0 saturated heterocycles. The predicted molar refractivity (Wildman–Crippen MR) is 84.7 cm³/mol. The van der Waals surface area contributed by atoms with Gasteiger partial charge in [0.1, 0.15) is 6.20 Å². The summed E-state index contributed by atoms with van der Waals surface area (Å²) in [6, 6.07) is 10.3. The van der Waals surface area contributed by atoms with Gasteiger partial charge in [-0.2, -0.15) is 0 Å². The van der Waals surface area contributed by atoms with Crippen molar-refractivity contribution in [3.63, 3.8) is 0 Å². The van der Waals surface area contributed by atoms with Gasteiger partial charge < -0.3 is 10.2 Å². The molecule has 1 heterocycles. The van der Waals surface area contributed by atoms with Gasteiger partial charge >= 0.3 is 5.00 Å². The second-order valence-electron chi connectivity index (χ2n) is 4.76. The second kappa shape index (κ2) is 7.70. The van der Waals surface area contributed by atoms with Crippen molar-refractivity contribution in [3.8, 4) is 0 Å². The van der Waals surface area contributed by atoms with E-state index in [9.17, 15) is 10.1 Å². The fourth-order valence-electron chi connectivity index (χ4n) is 1.95. The second-order valence-corrected chi connectivity index (χ2v) is 5.77. The van der Waals surface area contributed by atoms with Gasteiger partial charge in [-0.3, -0.25) is 10.1 Å². The van der Waals surface area contributed by atoms with E-state index in [0.717, 1.165) is 37.4 Å². The zero-order chi connectivity index (χ0) is 15.1. The summed E-state index contributed by atoms with van der Waals surface area (Å²) in [5.41, 5.74) is 1.29. The zero-order valence-corrected chi connectivity index (χ0v) is 12.7. The lowest BCUT2D eigenvalue weighted by Crippen LogP contribution is -2.21. The van der Waals surface area contributed by atoms with Crippen LogP contribution in [0.15, 0.2) is 36.5 Å². The SMILES string of the molecule is CN(CCCNc1ncc([N+](=O)[O-])s1)Cc1ccccc1. The lowest BCUT2D eigenvalue weighted by atomic mass is 10.2. The molecule has 1 N–H and O–H groups in total. The highest BCUT2D eigenvalue weighted by Gasteiger charge is 2.10. The van der Waals surface area contributed by atoms with Crippen LogP contribution in [0.5, 0.6) is 0 Å². The lowest BCUT2D eigenvalue weighted by molar-refractivity contribution is -0.380. The summed E-state index contributed by atoms with van der Waals surface area (Å²) in [7, 11) is 2.08. The van der Waals surface area contributed by atoms with Crippen LogP contribution in [-0.2, 0) is 6.54 Å². The van der Waals surface area contributed by atoms with Crippen molar-refractivity contribution in [1.82, 2.24) is 9.88 Å². The van der Waals surface area contributed by atoms with Gasteiger partial charge in [-0.05, 0) is 36.9 Å². The maximum Gasteiger partial charge on any atom is 0.345 e. The Morgan fingerprint density at radius 1 is 1.38 bits per heavy atom. The molecule has 112 valence electrons. The average molecular weight is 306 g/mol. The Morgan fingerprint density at radius 2 is 2.14 bits per heavy atom. The van der Waals surface area contributed by atoms with Crippen molar-refractivity contribution >= 4 is 21.5 Å². The molecule has 0 bridgehead atoms. The maximum absolute atomic E-state index is 10.5. The van der Waals surface area contributed by atoms with E-state index in [-0.39, 0.29) is 5.00 Å². The number of anilines is 1. The van der Waals surface area contributed by atoms with E-state index in [4.69, 9.17) is 0 Å². The standard InChI is InChI=1S/C14H18N4O2S/c1-17(11-12-6-3-2-4-7-12)9-5-8-15-14-16-10-13(21-14)18(19)20/h2-4,6-7,10H,5,8-9,11H2,1H3,(H,15,16). The molecule has 7 heteroatoms. The fraction of sp³-hybridized carbons (Fsp3) is 0.357. The monoisotopic (exact) mass is 306 g/mol. The highest BCUT2D eigenvalue weighted by molar-refractivity contribution is 7.18. The van der Waals surface area contributed by atoms with E-state index in [1.165, 1.54) is 11.8 Å². The van der Waals surface area contributed by atoms with Crippen molar-refractivity contribution in [2.45, 2.75) is 13.0 Å². The molecule has 0 fully saturated rings. The molecule has 1 aromatic heterocycles. The Bertz CT molecular complexity index is 573. The van der Waals surface area contributed by atoms with Gasteiger partial charge in [0.2, 0.25) is 0 Å². The van der Waals surface area contributed by atoms with Gasteiger partial charge in [0.15, 0.2) is 5.13 Å². The summed E-state index contributed by atoms with van der Waals surface area (Å²) in [5, 5.41) is 14.3. The van der Waals surface area contributed by atoms with Crippen LogP contribution in [0, 0.1) is 10.1 Å². The van der Waals surface area contributed by atoms with Crippen LogP contribution in [0.25, 0.3) is 0 Å². The lowest BCUT2D eigenvalue weighted by Gasteiger charge is -2.16. The molecule has 0 atom stereocenters. The molecule has 0 aliphatic rings. The number of nitrogens with zero attached hydrogens (tertiary/aromatic N) is 3. The minimum atomic E-state index is -0.420. The van der Waals surface area contributed by atoms with Crippen molar-refractivity contribution < 1.29 is 4.92 Å². The van der Waals surface area contributed by atoms with Crippen molar-refractivity contribution in [2.24, 2.45) is 0 Å². The number of hydrogen-bond donors (Lipinski definition) is 1. The van der Waals surface area contributed by atoms with Crippen LogP contribution in [-0.4, -0.2) is 34.9 Å². The molecular formula is C14H18N4O2S. The van der Waals surface area contributed by atoms with Crippen LogP contribution >= 0.6 is 11.3 Å². The summed E-state index contributed by atoms with van der Waals surface area (Å²) >= 11 is 1.07. The predicted octanol–water partition coefficient (Wildman–Crippen LogP) is 2.99. The first-order chi connectivity index (χ1) is 10.1. The number of hydrogen-bond acceptors (Lipinski definition) is 6. The zero-order valence-electron chi connectivity index (χ0n) is 11.9. The number of nitro groups is 1. The molecule has 0 spiro atoms. The van der Waals surface area contributed by atoms with E-state index in [1.807, 2.05) is 18.2 Å². The Morgan fingerprint density at radius 3 is 2.81 bits per heavy atom. The number of aromatic nitrogens is 1. The van der Waals surface area contributed by atoms with E-state index in [2.05, 4.69) is 34.4 Å². The Kier molecular flexibility index (Phi) is 5.65. The minimum Gasteiger partial charge on any atom is -0.361 e. The van der Waals surface area contributed by atoms with Gasteiger partial charge in [-0.25, -0.2) is 4.98 Å². The van der Waals surface area contributed by atoms with E-state index < -0.39 is 4.92 Å². The van der Waals surface area contributed by atoms with E-state index in [0.29, 0.717) is 5.13 Å². The molecule has 0 amide bonds. The highest BCUT2D eigenvalue weighted by Crippen LogP contribution is 2.24. The largest absolute Gasteiger partial charge is 0.361 e. The van der Waals surface area contributed by atoms with Gasteiger partial charge in [-0.1, -0.05) is 30.3 Å². The Hall–Kier alpha value is -1.99. The topological polar surface area (TPSA) is 71.3 Å². The summed E-state index contributed by atoms with van der Waals surface area (Å²) in [4.78, 5) is 16.4. The van der Waals surface area contributed by atoms with Gasteiger partial charge in [0.25, 0.3) is 0 Å². The van der Waals surface area contributed by atoms with Crippen molar-refractivity contribution in [2.75, 3.05) is 25.5 Å². The van der Waals surface area contributed by atoms with E-state index >= 15 is 0 Å². The fourth-order valence-corrected chi connectivity index (χ4v) is 2.61. The third kappa shape index (κ3) is 5.13. The highest BCUT2D eigenvalue weighted by atomic mass is 32.1.